The van der Waals surface area contributed by atoms with E-state index in [0.717, 1.165) is 65.2 Å². The smallest absolute Gasteiger partial charge is 0.296 e. The number of benzene rings is 2. The Morgan fingerprint density at radius 3 is 2.11 bits per heavy atom. The maximum absolute atomic E-state index is 11.9. The Bertz CT molecular complexity index is 1670. The van der Waals surface area contributed by atoms with E-state index in [2.05, 4.69) is 33.4 Å². The van der Waals surface area contributed by atoms with Gasteiger partial charge in [0, 0.05) is 40.7 Å². The second-order valence-corrected chi connectivity index (χ2v) is 15.4. The average Bonchev–Trinajstić information content (AvgIpc) is 3.00. The third-order valence-electron chi connectivity index (χ3n) is 7.92. The van der Waals surface area contributed by atoms with Gasteiger partial charge in [-0.3, -0.25) is 19.0 Å². The molecule has 14 heteroatoms. The monoisotopic (exact) mass is 693 g/mol. The van der Waals surface area contributed by atoms with Crippen LogP contribution in [0, 0.1) is 0 Å². The summed E-state index contributed by atoms with van der Waals surface area (Å²) < 4.78 is 66.0. The molecule has 4 rings (SSSR count). The quantitative estimate of drug-likeness (QED) is 0.0971. The Kier molecular flexibility index (Phi) is 13.4. The van der Waals surface area contributed by atoms with Gasteiger partial charge in [-0.25, -0.2) is 0 Å². The topological polar surface area (TPSA) is 177 Å². The van der Waals surface area contributed by atoms with Crippen LogP contribution >= 0.6 is 11.8 Å². The molecule has 0 saturated carbocycles. The molecular weight excluding hydrogens is 651 g/mol. The fourth-order valence-electron chi connectivity index (χ4n) is 5.53. The first kappa shape index (κ1) is 36.3. The highest BCUT2D eigenvalue weighted by Crippen LogP contribution is 2.44. The number of nitrogens with zero attached hydrogens (tertiary/aromatic N) is 2. The molecule has 2 aromatic rings. The van der Waals surface area contributed by atoms with Gasteiger partial charge in [0.1, 0.15) is 4.90 Å². The van der Waals surface area contributed by atoms with Crippen LogP contribution in [0.3, 0.4) is 0 Å². The molecule has 0 aromatic heterocycles. The highest BCUT2D eigenvalue weighted by molar-refractivity contribution is 8.03. The Labute approximate surface area is 276 Å². The Hall–Kier alpha value is -2.56. The van der Waals surface area contributed by atoms with Gasteiger partial charge < -0.3 is 15.5 Å². The lowest BCUT2D eigenvalue weighted by Gasteiger charge is -2.25. The van der Waals surface area contributed by atoms with Crippen molar-refractivity contribution in [3.63, 3.8) is 0 Å². The number of aliphatic hydroxyl groups excluding tert-OH is 2. The molecule has 0 unspecified atom stereocenters. The van der Waals surface area contributed by atoms with Crippen LogP contribution in [0.5, 0.6) is 0 Å². The molecule has 0 fully saturated rings. The maximum atomic E-state index is 11.9. The molecule has 0 saturated heterocycles. The van der Waals surface area contributed by atoms with Crippen molar-refractivity contribution in [3.8, 4) is 0 Å². The lowest BCUT2D eigenvalue weighted by Crippen LogP contribution is -2.30. The lowest BCUT2D eigenvalue weighted by atomic mass is 10.0. The highest BCUT2D eigenvalue weighted by atomic mass is 32.2. The van der Waals surface area contributed by atoms with Crippen molar-refractivity contribution in [2.24, 2.45) is 4.99 Å². The summed E-state index contributed by atoms with van der Waals surface area (Å²) in [4.78, 5) is 7.38. The van der Waals surface area contributed by atoms with E-state index in [-0.39, 0.29) is 18.9 Å². The standard InChI is InChI=1S/C32H43N3O8S3/c36-19-17-35(18-20-37)16-8-6-4-2-1-3-5-7-9-24-10-14-30-28(21-24)34-27-13-11-25(22-31(27)44-30)33-29-23-26(45(38,39)40)12-15-32(29)46(41,42)43/h10-15,21,23,34,36-37H,1-9,16-20,22H2,(H,38,39,40)(H,41,42,43). The summed E-state index contributed by atoms with van der Waals surface area (Å²) in [5.74, 6) is 0. The largest absolute Gasteiger partial charge is 0.395 e. The van der Waals surface area contributed by atoms with Crippen molar-refractivity contribution in [2.75, 3.05) is 38.2 Å². The van der Waals surface area contributed by atoms with Crippen LogP contribution in [0.15, 0.2) is 78.8 Å². The first-order chi connectivity index (χ1) is 22.0. The Morgan fingerprint density at radius 2 is 1.46 bits per heavy atom. The van der Waals surface area contributed by atoms with E-state index in [9.17, 15) is 25.9 Å². The van der Waals surface area contributed by atoms with Gasteiger partial charge in [0.15, 0.2) is 0 Å². The number of fused-ring (bicyclic) bond motifs is 1. The third-order valence-corrected chi connectivity index (χ3v) is 10.9. The number of aliphatic imine (C=N–C) groups is 1. The number of hydrogen-bond donors (Lipinski definition) is 5. The lowest BCUT2D eigenvalue weighted by molar-refractivity contribution is 0.159. The molecule has 0 spiro atoms. The summed E-state index contributed by atoms with van der Waals surface area (Å²) in [5.41, 5.74) is 3.39. The van der Waals surface area contributed by atoms with Gasteiger partial charge in [-0.1, -0.05) is 56.4 Å². The minimum absolute atomic E-state index is 0.129. The van der Waals surface area contributed by atoms with Crippen molar-refractivity contribution in [1.82, 2.24) is 4.90 Å². The summed E-state index contributed by atoms with van der Waals surface area (Å²) in [5, 5.41) is 21.7. The number of aryl methyl sites for hydroxylation is 1. The number of nitrogens with one attached hydrogen (secondary N) is 1. The number of allylic oxidation sites excluding steroid dienone is 3. The van der Waals surface area contributed by atoms with Crippen molar-refractivity contribution < 1.29 is 36.2 Å². The van der Waals surface area contributed by atoms with Gasteiger partial charge in [-0.05, 0) is 73.9 Å². The van der Waals surface area contributed by atoms with Crippen LogP contribution in [0.1, 0.15) is 63.4 Å². The Morgan fingerprint density at radius 1 is 0.783 bits per heavy atom. The minimum Gasteiger partial charge on any atom is -0.395 e. The SMILES string of the molecule is O=S(=O)(O)c1ccc(S(=O)(=O)O)c(N=C2C=CC3=C(C2)Sc2ccc(CCCCCCCCCCN(CCO)CCO)cc2N3)c1. The number of anilines is 1. The van der Waals surface area contributed by atoms with Crippen molar-refractivity contribution >= 4 is 49.1 Å². The fraction of sp³-hybridized carbons (Fsp3) is 0.469. The summed E-state index contributed by atoms with van der Waals surface area (Å²) in [6, 6.07) is 9.13. The van der Waals surface area contributed by atoms with Crippen molar-refractivity contribution in [3.05, 3.63) is 64.7 Å². The van der Waals surface area contributed by atoms with Crippen LogP contribution < -0.4 is 5.32 Å². The maximum Gasteiger partial charge on any atom is 0.296 e. The minimum atomic E-state index is -4.69. The molecular formula is C32H43N3O8S3. The third kappa shape index (κ3) is 10.7. The number of hydrogen-bond acceptors (Lipinski definition) is 10. The van der Waals surface area contributed by atoms with E-state index in [1.807, 2.05) is 6.08 Å². The molecule has 2 aliphatic rings. The first-order valence-electron chi connectivity index (χ1n) is 15.6. The molecule has 1 aliphatic heterocycles. The van der Waals surface area contributed by atoms with Crippen LogP contribution in [0.2, 0.25) is 0 Å². The Balaban J connectivity index is 1.24. The second kappa shape index (κ2) is 17.0. The number of aliphatic hydroxyl groups is 2. The normalized spacial score (nSPS) is 15.7. The van der Waals surface area contributed by atoms with Crippen LogP contribution in [0.25, 0.3) is 0 Å². The predicted octanol–water partition coefficient (Wildman–Crippen LogP) is 5.59. The first-order valence-corrected chi connectivity index (χ1v) is 19.3. The van der Waals surface area contributed by atoms with Crippen LogP contribution in [-0.4, -0.2) is 79.6 Å². The van der Waals surface area contributed by atoms with E-state index >= 15 is 0 Å². The van der Waals surface area contributed by atoms with Crippen molar-refractivity contribution in [1.29, 1.82) is 0 Å². The highest BCUT2D eigenvalue weighted by Gasteiger charge is 2.23. The van der Waals surface area contributed by atoms with E-state index in [1.165, 1.54) is 44.1 Å². The molecule has 0 radical (unpaired) electrons. The zero-order chi connectivity index (χ0) is 33.2. The zero-order valence-electron chi connectivity index (χ0n) is 25.8. The average molecular weight is 694 g/mol. The van der Waals surface area contributed by atoms with Gasteiger partial charge in [0.05, 0.1) is 29.5 Å². The number of unbranched alkanes of at least 4 members (excludes halogenated alkanes) is 7. The van der Waals surface area contributed by atoms with Crippen LogP contribution in [-0.2, 0) is 26.7 Å². The number of rotatable bonds is 18. The summed E-state index contributed by atoms with van der Waals surface area (Å²) in [6.07, 6.45) is 14.4. The predicted molar refractivity (Wildman–Crippen MR) is 181 cm³/mol. The van der Waals surface area contributed by atoms with Crippen molar-refractivity contribution in [2.45, 2.75) is 78.9 Å². The molecule has 252 valence electrons. The molecule has 5 N–H and O–H groups in total. The molecule has 2 aromatic carbocycles. The summed E-state index contributed by atoms with van der Waals surface area (Å²) in [7, 11) is -9.29. The molecule has 0 amide bonds. The molecule has 11 nitrogen and oxygen atoms in total. The van der Waals surface area contributed by atoms with Gasteiger partial charge in [0.25, 0.3) is 20.2 Å². The van der Waals surface area contributed by atoms with E-state index < -0.39 is 30.0 Å². The van der Waals surface area contributed by atoms with Gasteiger partial charge in [-0.15, -0.1) is 0 Å². The molecule has 1 aliphatic carbocycles. The summed E-state index contributed by atoms with van der Waals surface area (Å²) in [6.45, 7) is 2.43. The molecule has 1 heterocycles. The number of thioether (sulfide) groups is 1. The molecule has 46 heavy (non-hydrogen) atoms. The zero-order valence-corrected chi connectivity index (χ0v) is 28.2. The van der Waals surface area contributed by atoms with E-state index in [1.54, 1.807) is 17.8 Å². The fourth-order valence-corrected chi connectivity index (χ4v) is 7.71. The second-order valence-electron chi connectivity index (χ2n) is 11.5. The summed E-state index contributed by atoms with van der Waals surface area (Å²) >= 11 is 1.59. The van der Waals surface area contributed by atoms with E-state index in [4.69, 9.17) is 10.2 Å². The van der Waals surface area contributed by atoms with Crippen LogP contribution in [0.4, 0.5) is 11.4 Å². The van der Waals surface area contributed by atoms with Gasteiger partial charge >= 0.3 is 0 Å². The van der Waals surface area contributed by atoms with Gasteiger partial charge in [-0.2, -0.15) is 16.8 Å². The molecule has 0 atom stereocenters. The molecule has 0 bridgehead atoms. The van der Waals surface area contributed by atoms with E-state index in [0.29, 0.717) is 25.2 Å². The van der Waals surface area contributed by atoms with Gasteiger partial charge in [0.2, 0.25) is 0 Å².